The maximum absolute atomic E-state index is 13.6. The van der Waals surface area contributed by atoms with E-state index >= 15 is 0 Å². The summed E-state index contributed by atoms with van der Waals surface area (Å²) in [6, 6.07) is 4.82. The molecule has 3 nitrogen and oxygen atoms in total. The number of rotatable bonds is 5. The van der Waals surface area contributed by atoms with Crippen molar-refractivity contribution < 1.29 is 9.18 Å². The van der Waals surface area contributed by atoms with Crippen LogP contribution in [0.3, 0.4) is 0 Å². The number of anilines is 2. The highest BCUT2D eigenvalue weighted by Crippen LogP contribution is 2.34. The van der Waals surface area contributed by atoms with Gasteiger partial charge in [0, 0.05) is 18.7 Å². The molecule has 1 saturated carbocycles. The van der Waals surface area contributed by atoms with Crippen LogP contribution in [0, 0.1) is 11.7 Å². The van der Waals surface area contributed by atoms with E-state index in [0.29, 0.717) is 11.4 Å². The van der Waals surface area contributed by atoms with Crippen molar-refractivity contribution in [2.45, 2.75) is 39.2 Å². The Labute approximate surface area is 107 Å². The number of nitrogens with one attached hydrogen (secondary N) is 2. The molecule has 0 aliphatic heterocycles. The van der Waals surface area contributed by atoms with Crippen LogP contribution in [0.2, 0.25) is 0 Å². The molecule has 2 rings (SSSR count). The summed E-state index contributed by atoms with van der Waals surface area (Å²) in [5.74, 6) is 0.361. The van der Waals surface area contributed by atoms with E-state index in [1.807, 2.05) is 0 Å². The van der Waals surface area contributed by atoms with Crippen molar-refractivity contribution in [3.05, 3.63) is 24.0 Å². The van der Waals surface area contributed by atoms with Gasteiger partial charge in [-0.2, -0.15) is 0 Å². The molecule has 0 radical (unpaired) electrons. The molecule has 4 heteroatoms. The first-order valence-corrected chi connectivity index (χ1v) is 6.38. The maximum Gasteiger partial charge on any atom is 0.221 e. The lowest BCUT2D eigenvalue weighted by atomic mass is 10.1. The molecule has 0 spiro atoms. The molecule has 0 aromatic heterocycles. The van der Waals surface area contributed by atoms with E-state index < -0.39 is 0 Å². The van der Waals surface area contributed by atoms with Crippen molar-refractivity contribution >= 4 is 17.3 Å². The molecule has 1 unspecified atom stereocenters. The molecule has 0 bridgehead atoms. The molecular formula is C14H19FN2O. The Morgan fingerprint density at radius 2 is 2.22 bits per heavy atom. The van der Waals surface area contributed by atoms with Crippen LogP contribution < -0.4 is 10.6 Å². The molecule has 1 amide bonds. The van der Waals surface area contributed by atoms with Gasteiger partial charge in [-0.1, -0.05) is 12.8 Å². The standard InChI is InChI=1S/C14H19FN2O/c1-9(7-11-3-4-11)16-14-8-12(17-10(2)18)5-6-13(14)15/h5-6,8-9,11,16H,3-4,7H2,1-2H3,(H,17,18). The van der Waals surface area contributed by atoms with Crippen molar-refractivity contribution in [3.8, 4) is 0 Å². The van der Waals surface area contributed by atoms with Crippen molar-refractivity contribution in [3.63, 3.8) is 0 Å². The van der Waals surface area contributed by atoms with Gasteiger partial charge in [0.05, 0.1) is 5.69 Å². The zero-order valence-corrected chi connectivity index (χ0v) is 10.8. The molecule has 1 aliphatic rings. The van der Waals surface area contributed by atoms with Gasteiger partial charge >= 0.3 is 0 Å². The van der Waals surface area contributed by atoms with Crippen molar-refractivity contribution in [2.24, 2.45) is 5.92 Å². The first-order chi connectivity index (χ1) is 8.54. The first-order valence-electron chi connectivity index (χ1n) is 6.38. The maximum atomic E-state index is 13.6. The minimum Gasteiger partial charge on any atom is -0.380 e. The summed E-state index contributed by atoms with van der Waals surface area (Å²) in [7, 11) is 0. The first kappa shape index (κ1) is 12.9. The quantitative estimate of drug-likeness (QED) is 0.841. The Bertz CT molecular complexity index is 443. The van der Waals surface area contributed by atoms with Crippen LogP contribution in [-0.4, -0.2) is 11.9 Å². The number of carbonyl (C=O) groups excluding carboxylic acids is 1. The van der Waals surface area contributed by atoms with Gasteiger partial charge in [0.25, 0.3) is 0 Å². The van der Waals surface area contributed by atoms with Gasteiger partial charge in [-0.15, -0.1) is 0 Å². The molecule has 0 heterocycles. The average Bonchev–Trinajstić information content (AvgIpc) is 3.06. The SMILES string of the molecule is CC(=O)Nc1ccc(F)c(NC(C)CC2CC2)c1. The normalized spacial score (nSPS) is 16.2. The topological polar surface area (TPSA) is 41.1 Å². The monoisotopic (exact) mass is 250 g/mol. The Kier molecular flexibility index (Phi) is 3.84. The zero-order valence-electron chi connectivity index (χ0n) is 10.8. The lowest BCUT2D eigenvalue weighted by molar-refractivity contribution is -0.114. The Morgan fingerprint density at radius 1 is 1.50 bits per heavy atom. The minimum atomic E-state index is -0.285. The number of hydrogen-bond acceptors (Lipinski definition) is 2. The molecule has 1 aromatic rings. The van der Waals surface area contributed by atoms with E-state index in [-0.39, 0.29) is 17.8 Å². The predicted octanol–water partition coefficient (Wildman–Crippen LogP) is 3.38. The average molecular weight is 250 g/mol. The molecule has 1 fully saturated rings. The lowest BCUT2D eigenvalue weighted by Gasteiger charge is -2.16. The van der Waals surface area contributed by atoms with Crippen LogP contribution in [0.25, 0.3) is 0 Å². The van der Waals surface area contributed by atoms with Crippen LogP contribution in [0.5, 0.6) is 0 Å². The minimum absolute atomic E-state index is 0.154. The Hall–Kier alpha value is -1.58. The van der Waals surface area contributed by atoms with E-state index in [4.69, 9.17) is 0 Å². The highest BCUT2D eigenvalue weighted by Gasteiger charge is 2.23. The van der Waals surface area contributed by atoms with Gasteiger partial charge < -0.3 is 10.6 Å². The van der Waals surface area contributed by atoms with Gasteiger partial charge in [0.2, 0.25) is 5.91 Å². The largest absolute Gasteiger partial charge is 0.380 e. The van der Waals surface area contributed by atoms with Gasteiger partial charge in [-0.25, -0.2) is 4.39 Å². The van der Waals surface area contributed by atoms with E-state index in [1.54, 1.807) is 12.1 Å². The van der Waals surface area contributed by atoms with Crippen LogP contribution in [-0.2, 0) is 4.79 Å². The van der Waals surface area contributed by atoms with Gasteiger partial charge in [0.1, 0.15) is 5.82 Å². The third-order valence-electron chi connectivity index (χ3n) is 3.07. The molecular weight excluding hydrogens is 231 g/mol. The second-order valence-corrected chi connectivity index (χ2v) is 5.10. The van der Waals surface area contributed by atoms with E-state index in [0.717, 1.165) is 12.3 Å². The summed E-state index contributed by atoms with van der Waals surface area (Å²) in [5.41, 5.74) is 1.07. The third kappa shape index (κ3) is 3.72. The summed E-state index contributed by atoms with van der Waals surface area (Å²) in [5, 5.41) is 5.82. The highest BCUT2D eigenvalue weighted by molar-refractivity contribution is 5.89. The van der Waals surface area contributed by atoms with E-state index in [2.05, 4.69) is 17.6 Å². The summed E-state index contributed by atoms with van der Waals surface area (Å²) in [4.78, 5) is 11.0. The van der Waals surface area contributed by atoms with Crippen molar-refractivity contribution in [2.75, 3.05) is 10.6 Å². The predicted molar refractivity (Wildman–Crippen MR) is 71.1 cm³/mol. The fourth-order valence-electron chi connectivity index (χ4n) is 2.09. The molecule has 1 aromatic carbocycles. The van der Waals surface area contributed by atoms with E-state index in [1.165, 1.54) is 25.8 Å². The molecule has 0 saturated heterocycles. The van der Waals surface area contributed by atoms with Crippen LogP contribution >= 0.6 is 0 Å². The van der Waals surface area contributed by atoms with Gasteiger partial charge in [-0.3, -0.25) is 4.79 Å². The summed E-state index contributed by atoms with van der Waals surface area (Å²) < 4.78 is 13.6. The Balaban J connectivity index is 2.02. The zero-order chi connectivity index (χ0) is 13.1. The molecule has 98 valence electrons. The Morgan fingerprint density at radius 3 is 2.83 bits per heavy atom. The smallest absolute Gasteiger partial charge is 0.221 e. The molecule has 2 N–H and O–H groups in total. The van der Waals surface area contributed by atoms with E-state index in [9.17, 15) is 9.18 Å². The number of hydrogen-bond donors (Lipinski definition) is 2. The summed E-state index contributed by atoms with van der Waals surface area (Å²) in [6.45, 7) is 3.50. The van der Waals surface area contributed by atoms with Gasteiger partial charge in [0.15, 0.2) is 0 Å². The number of benzene rings is 1. The summed E-state index contributed by atoms with van der Waals surface area (Å²) in [6.07, 6.45) is 3.66. The second-order valence-electron chi connectivity index (χ2n) is 5.10. The van der Waals surface area contributed by atoms with Crippen LogP contribution in [0.15, 0.2) is 18.2 Å². The molecule has 18 heavy (non-hydrogen) atoms. The van der Waals surface area contributed by atoms with Crippen molar-refractivity contribution in [1.29, 1.82) is 0 Å². The number of carbonyl (C=O) groups is 1. The highest BCUT2D eigenvalue weighted by atomic mass is 19.1. The molecule has 1 aliphatic carbocycles. The fraction of sp³-hybridized carbons (Fsp3) is 0.500. The second kappa shape index (κ2) is 5.38. The van der Waals surface area contributed by atoms with Crippen LogP contribution in [0.1, 0.15) is 33.1 Å². The lowest BCUT2D eigenvalue weighted by Crippen LogP contribution is -2.17. The number of amides is 1. The van der Waals surface area contributed by atoms with Gasteiger partial charge in [-0.05, 0) is 37.5 Å². The third-order valence-corrected chi connectivity index (χ3v) is 3.07. The van der Waals surface area contributed by atoms with Crippen molar-refractivity contribution in [1.82, 2.24) is 0 Å². The summed E-state index contributed by atoms with van der Waals surface area (Å²) >= 11 is 0. The fourth-order valence-corrected chi connectivity index (χ4v) is 2.09. The van der Waals surface area contributed by atoms with Crippen LogP contribution in [0.4, 0.5) is 15.8 Å². The molecule has 1 atom stereocenters. The number of halogens is 1.